The van der Waals surface area contributed by atoms with Gasteiger partial charge in [-0.15, -0.1) is 0 Å². The highest BCUT2D eigenvalue weighted by atomic mass is 16.5. The molecule has 0 bridgehead atoms. The summed E-state index contributed by atoms with van der Waals surface area (Å²) < 4.78 is 19.2. The molecule has 4 aromatic rings. The molecule has 0 aliphatic carbocycles. The van der Waals surface area contributed by atoms with Gasteiger partial charge in [0.25, 0.3) is 0 Å². The highest BCUT2D eigenvalue weighted by Gasteiger charge is 2.15. The summed E-state index contributed by atoms with van der Waals surface area (Å²) in [5, 5.41) is 15.7. The fourth-order valence-electron chi connectivity index (χ4n) is 3.72. The normalized spacial score (nSPS) is 15.8. The highest BCUT2D eigenvalue weighted by molar-refractivity contribution is 5.88. The van der Waals surface area contributed by atoms with Crippen molar-refractivity contribution < 1.29 is 14.2 Å². The Morgan fingerprint density at radius 2 is 2.06 bits per heavy atom. The summed E-state index contributed by atoms with van der Waals surface area (Å²) in [5.74, 6) is 2.08. The summed E-state index contributed by atoms with van der Waals surface area (Å²) in [7, 11) is 1.86. The summed E-state index contributed by atoms with van der Waals surface area (Å²) in [6, 6.07) is 7.25. The molecule has 1 atom stereocenters. The van der Waals surface area contributed by atoms with Gasteiger partial charge >= 0.3 is 0 Å². The van der Waals surface area contributed by atoms with E-state index in [2.05, 4.69) is 35.6 Å². The number of pyridine rings is 2. The van der Waals surface area contributed by atoms with Crippen molar-refractivity contribution in [3.05, 3.63) is 48.3 Å². The molecule has 2 N–H and O–H groups in total. The first-order chi connectivity index (χ1) is 17.6. The van der Waals surface area contributed by atoms with Gasteiger partial charge in [0.15, 0.2) is 11.4 Å². The lowest BCUT2D eigenvalue weighted by Gasteiger charge is -2.16. The van der Waals surface area contributed by atoms with Crippen LogP contribution in [0.1, 0.15) is 17.7 Å². The minimum atomic E-state index is -0.0351. The van der Waals surface area contributed by atoms with Gasteiger partial charge in [-0.05, 0) is 25.0 Å². The molecule has 36 heavy (non-hydrogen) atoms. The molecule has 5 heterocycles. The second-order valence-electron chi connectivity index (χ2n) is 8.30. The summed E-state index contributed by atoms with van der Waals surface area (Å²) in [6.45, 7) is 4.38. The summed E-state index contributed by atoms with van der Waals surface area (Å²) in [4.78, 5) is 21.8. The van der Waals surface area contributed by atoms with Crippen molar-refractivity contribution >= 4 is 28.5 Å². The van der Waals surface area contributed by atoms with Gasteiger partial charge in [0.2, 0.25) is 5.88 Å². The third-order valence-electron chi connectivity index (χ3n) is 5.57. The molecule has 5 rings (SSSR count). The summed E-state index contributed by atoms with van der Waals surface area (Å²) in [6.07, 6.45) is 5.55. The molecule has 4 aromatic heterocycles. The number of nitriles is 1. The molecular formula is C24H25N9O3. The van der Waals surface area contributed by atoms with Gasteiger partial charge in [-0.2, -0.15) is 10.2 Å². The molecule has 1 aliphatic rings. The van der Waals surface area contributed by atoms with Crippen LogP contribution in [0.3, 0.4) is 0 Å². The van der Waals surface area contributed by atoms with Crippen molar-refractivity contribution in [2.75, 3.05) is 37.0 Å². The Bertz CT molecular complexity index is 1410. The number of imidazole rings is 1. The minimum absolute atomic E-state index is 0.0351. The van der Waals surface area contributed by atoms with Crippen LogP contribution >= 0.6 is 0 Å². The van der Waals surface area contributed by atoms with Gasteiger partial charge in [-0.25, -0.2) is 19.9 Å². The van der Waals surface area contributed by atoms with E-state index >= 15 is 0 Å². The first-order valence-corrected chi connectivity index (χ1v) is 11.5. The Balaban J connectivity index is 1.37. The molecule has 0 saturated carbocycles. The molecule has 184 valence electrons. The van der Waals surface area contributed by atoms with Crippen LogP contribution in [0.25, 0.3) is 11.2 Å². The maximum Gasteiger partial charge on any atom is 0.223 e. The van der Waals surface area contributed by atoms with E-state index in [1.807, 2.05) is 26.1 Å². The molecule has 0 radical (unpaired) electrons. The number of fused-ring (bicyclic) bond motifs is 1. The first-order valence-electron chi connectivity index (χ1n) is 11.5. The summed E-state index contributed by atoms with van der Waals surface area (Å²) in [5.41, 5.74) is 3.06. The lowest BCUT2D eigenvalue weighted by molar-refractivity contribution is 0.0347. The molecule has 1 aliphatic heterocycles. The number of hydrogen-bond acceptors (Lipinski definition) is 11. The van der Waals surface area contributed by atoms with Crippen molar-refractivity contribution in [3.63, 3.8) is 0 Å². The van der Waals surface area contributed by atoms with Gasteiger partial charge in [0, 0.05) is 38.9 Å². The predicted molar refractivity (Wildman–Crippen MR) is 131 cm³/mol. The van der Waals surface area contributed by atoms with Crippen molar-refractivity contribution in [1.82, 2.24) is 29.5 Å². The molecular weight excluding hydrogens is 462 g/mol. The number of hydrogen-bond donors (Lipinski definition) is 2. The smallest absolute Gasteiger partial charge is 0.223 e. The Hall–Kier alpha value is -4.34. The number of nitrogens with zero attached hydrogens (tertiary/aromatic N) is 7. The van der Waals surface area contributed by atoms with Crippen molar-refractivity contribution in [2.45, 2.75) is 19.4 Å². The second kappa shape index (κ2) is 10.5. The van der Waals surface area contributed by atoms with Crippen LogP contribution in [0.4, 0.5) is 17.3 Å². The fourth-order valence-corrected chi connectivity index (χ4v) is 3.72. The Morgan fingerprint density at radius 3 is 2.92 bits per heavy atom. The van der Waals surface area contributed by atoms with E-state index in [1.165, 1.54) is 12.5 Å². The number of ether oxygens (including phenoxy) is 3. The lowest BCUT2D eigenvalue weighted by Crippen LogP contribution is -2.27. The second-order valence-corrected chi connectivity index (χ2v) is 8.30. The Morgan fingerprint density at radius 1 is 1.17 bits per heavy atom. The van der Waals surface area contributed by atoms with E-state index in [0.717, 1.165) is 18.6 Å². The highest BCUT2D eigenvalue weighted by Crippen LogP contribution is 2.31. The Labute approximate surface area is 207 Å². The van der Waals surface area contributed by atoms with E-state index in [-0.39, 0.29) is 6.10 Å². The van der Waals surface area contributed by atoms with Gasteiger partial charge in [-0.1, -0.05) is 0 Å². The number of rotatable bonds is 7. The van der Waals surface area contributed by atoms with Gasteiger partial charge in [-0.3, -0.25) is 0 Å². The van der Waals surface area contributed by atoms with E-state index in [0.29, 0.717) is 65.6 Å². The van der Waals surface area contributed by atoms with Crippen LogP contribution in [-0.4, -0.2) is 62.0 Å². The molecule has 1 unspecified atom stereocenters. The molecule has 1 saturated heterocycles. The SMILES string of the molecule is Cc1cc(C#N)ncc1Oc1cc(Nc2cc(NCC3COCCCO3)ncn2)c2ncn(C)c2n1. The third-order valence-corrected chi connectivity index (χ3v) is 5.57. The number of aryl methyl sites for hydroxylation is 2. The molecule has 0 amide bonds. The predicted octanol–water partition coefficient (Wildman–Crippen LogP) is 3.09. The zero-order valence-electron chi connectivity index (χ0n) is 19.9. The van der Waals surface area contributed by atoms with Crippen molar-refractivity contribution in [1.29, 1.82) is 5.26 Å². The molecule has 0 spiro atoms. The number of nitrogens with one attached hydrogen (secondary N) is 2. The third kappa shape index (κ3) is 5.32. The van der Waals surface area contributed by atoms with E-state index in [4.69, 9.17) is 19.5 Å². The number of anilines is 3. The van der Waals surface area contributed by atoms with Crippen molar-refractivity contribution in [3.8, 4) is 17.7 Å². The molecule has 12 nitrogen and oxygen atoms in total. The fraction of sp³-hybridized carbons (Fsp3) is 0.333. The molecule has 0 aromatic carbocycles. The monoisotopic (exact) mass is 487 g/mol. The quantitative estimate of drug-likeness (QED) is 0.396. The minimum Gasteiger partial charge on any atom is -0.437 e. The maximum absolute atomic E-state index is 9.06. The van der Waals surface area contributed by atoms with Gasteiger partial charge in [0.05, 0.1) is 30.9 Å². The van der Waals surface area contributed by atoms with E-state index in [1.54, 1.807) is 23.0 Å². The summed E-state index contributed by atoms with van der Waals surface area (Å²) >= 11 is 0. The van der Waals surface area contributed by atoms with Crippen molar-refractivity contribution in [2.24, 2.45) is 7.05 Å². The van der Waals surface area contributed by atoms with Crippen LogP contribution in [0.5, 0.6) is 11.6 Å². The largest absolute Gasteiger partial charge is 0.437 e. The average Bonchev–Trinajstić information content (AvgIpc) is 3.08. The van der Waals surface area contributed by atoms with Gasteiger partial charge in [0.1, 0.15) is 35.2 Å². The van der Waals surface area contributed by atoms with Crippen LogP contribution in [0.15, 0.2) is 37.1 Å². The van der Waals surface area contributed by atoms with Crippen LogP contribution in [0.2, 0.25) is 0 Å². The first kappa shape index (κ1) is 23.4. The van der Waals surface area contributed by atoms with Crippen LogP contribution in [-0.2, 0) is 16.5 Å². The number of aromatic nitrogens is 6. The topological polar surface area (TPSA) is 145 Å². The van der Waals surface area contributed by atoms with Gasteiger partial charge < -0.3 is 29.4 Å². The maximum atomic E-state index is 9.06. The van der Waals surface area contributed by atoms with E-state index < -0.39 is 0 Å². The zero-order valence-corrected chi connectivity index (χ0v) is 19.9. The Kier molecular flexibility index (Phi) is 6.83. The average molecular weight is 488 g/mol. The standard InChI is InChI=1S/C24H25N9O3/c1-15-6-16(9-25)26-11-19(15)36-22-7-18(23-24(32-22)33(2)14-30-23)31-21-8-20(28-13-29-21)27-10-17-12-34-4-3-5-35-17/h6-8,11,13-14,17H,3-5,10,12H2,1-2H3,(H2,27,28,29,31,32). The van der Waals surface area contributed by atoms with Crippen LogP contribution < -0.4 is 15.4 Å². The van der Waals surface area contributed by atoms with Crippen LogP contribution in [0, 0.1) is 18.3 Å². The molecule has 1 fully saturated rings. The van der Waals surface area contributed by atoms with E-state index in [9.17, 15) is 0 Å². The molecule has 12 heteroatoms. The zero-order chi connectivity index (χ0) is 24.9. The lowest BCUT2D eigenvalue weighted by atomic mass is 10.2.